The molecule has 94 valence electrons. The third-order valence-electron chi connectivity index (χ3n) is 2.73. The van der Waals surface area contributed by atoms with Crippen LogP contribution < -0.4 is 0 Å². The van der Waals surface area contributed by atoms with Gasteiger partial charge in [-0.25, -0.2) is 0 Å². The Bertz CT molecular complexity index is 395. The van der Waals surface area contributed by atoms with Crippen molar-refractivity contribution in [2.45, 2.75) is 20.3 Å². The molecule has 0 saturated heterocycles. The number of amides is 1. The zero-order chi connectivity index (χ0) is 12.8. The summed E-state index contributed by atoms with van der Waals surface area (Å²) < 4.78 is 0. The van der Waals surface area contributed by atoms with Crippen molar-refractivity contribution in [2.24, 2.45) is 0 Å². The first-order chi connectivity index (χ1) is 8.11. The Hall–Kier alpha value is -0.540. The molecule has 0 bridgehead atoms. The highest BCUT2D eigenvalue weighted by Crippen LogP contribution is 2.20. The number of carbonyl (C=O) groups is 1. The minimum Gasteiger partial charge on any atom is -0.339 e. The van der Waals surface area contributed by atoms with Gasteiger partial charge in [0.2, 0.25) is 0 Å². The molecule has 2 nitrogen and oxygen atoms in total. The molecule has 0 radical (unpaired) electrons. The number of alkyl halides is 1. The lowest BCUT2D eigenvalue weighted by atomic mass is 10.1. The second-order valence-corrected chi connectivity index (χ2v) is 5.04. The number of benzene rings is 1. The largest absolute Gasteiger partial charge is 0.339 e. The summed E-state index contributed by atoms with van der Waals surface area (Å²) >= 11 is 9.41. The van der Waals surface area contributed by atoms with E-state index in [2.05, 4.69) is 15.9 Å². The zero-order valence-corrected chi connectivity index (χ0v) is 12.5. The van der Waals surface area contributed by atoms with Crippen LogP contribution >= 0.6 is 27.5 Å². The van der Waals surface area contributed by atoms with Gasteiger partial charge in [0, 0.05) is 29.0 Å². The molecular weight excluding hydrogens is 302 g/mol. The number of hydrogen-bond donors (Lipinski definition) is 0. The molecule has 0 aliphatic heterocycles. The summed E-state index contributed by atoms with van der Waals surface area (Å²) in [5, 5.41) is 1.55. The van der Waals surface area contributed by atoms with E-state index in [-0.39, 0.29) is 5.91 Å². The Morgan fingerprint density at radius 2 is 2.18 bits per heavy atom. The molecule has 0 fully saturated rings. The van der Waals surface area contributed by atoms with Gasteiger partial charge in [-0.1, -0.05) is 33.6 Å². The van der Waals surface area contributed by atoms with Crippen molar-refractivity contribution in [1.82, 2.24) is 4.90 Å². The number of rotatable bonds is 5. The first kappa shape index (κ1) is 14.5. The van der Waals surface area contributed by atoms with Gasteiger partial charge >= 0.3 is 0 Å². The van der Waals surface area contributed by atoms with Crippen molar-refractivity contribution in [1.29, 1.82) is 0 Å². The molecule has 0 atom stereocenters. The maximum Gasteiger partial charge on any atom is 0.254 e. The highest BCUT2D eigenvalue weighted by molar-refractivity contribution is 9.09. The maximum atomic E-state index is 12.3. The summed E-state index contributed by atoms with van der Waals surface area (Å²) in [4.78, 5) is 14.2. The quantitative estimate of drug-likeness (QED) is 0.754. The number of nitrogens with zero attached hydrogens (tertiary/aromatic N) is 1. The van der Waals surface area contributed by atoms with E-state index in [1.54, 1.807) is 0 Å². The van der Waals surface area contributed by atoms with E-state index in [1.165, 1.54) is 0 Å². The van der Waals surface area contributed by atoms with Gasteiger partial charge in [0.15, 0.2) is 0 Å². The van der Waals surface area contributed by atoms with Gasteiger partial charge in [0.1, 0.15) is 0 Å². The fourth-order valence-corrected chi connectivity index (χ4v) is 2.09. The van der Waals surface area contributed by atoms with Crippen LogP contribution in [-0.2, 0) is 0 Å². The summed E-state index contributed by atoms with van der Waals surface area (Å²) in [6, 6.07) is 5.46. The molecule has 0 spiro atoms. The first-order valence-corrected chi connectivity index (χ1v) is 7.22. The fraction of sp³-hybridized carbons (Fsp3) is 0.462. The van der Waals surface area contributed by atoms with E-state index in [9.17, 15) is 4.79 Å². The Balaban J connectivity index is 2.90. The van der Waals surface area contributed by atoms with Gasteiger partial charge < -0.3 is 4.90 Å². The minimum atomic E-state index is 0.0634. The smallest absolute Gasteiger partial charge is 0.254 e. The summed E-state index contributed by atoms with van der Waals surface area (Å²) in [7, 11) is 0. The van der Waals surface area contributed by atoms with Gasteiger partial charge in [-0.2, -0.15) is 0 Å². The molecule has 1 aromatic carbocycles. The van der Waals surface area contributed by atoms with Crippen LogP contribution in [0.2, 0.25) is 5.02 Å². The van der Waals surface area contributed by atoms with Crippen LogP contribution in [-0.4, -0.2) is 29.2 Å². The molecule has 1 aromatic rings. The van der Waals surface area contributed by atoms with E-state index in [0.29, 0.717) is 10.6 Å². The zero-order valence-electron chi connectivity index (χ0n) is 10.2. The molecule has 0 aromatic heterocycles. The maximum absolute atomic E-state index is 12.3. The molecular formula is C13H17BrClNO. The van der Waals surface area contributed by atoms with Crippen molar-refractivity contribution in [3.05, 3.63) is 34.3 Å². The van der Waals surface area contributed by atoms with Gasteiger partial charge in [-0.05, 0) is 38.0 Å². The number of halogens is 2. The van der Waals surface area contributed by atoms with Gasteiger partial charge in [0.25, 0.3) is 5.91 Å². The lowest BCUT2D eigenvalue weighted by molar-refractivity contribution is 0.0764. The fourth-order valence-electron chi connectivity index (χ4n) is 1.66. The molecule has 0 unspecified atom stereocenters. The van der Waals surface area contributed by atoms with Crippen molar-refractivity contribution < 1.29 is 4.79 Å². The Morgan fingerprint density at radius 1 is 1.47 bits per heavy atom. The average molecular weight is 319 g/mol. The van der Waals surface area contributed by atoms with Crippen LogP contribution in [0.5, 0.6) is 0 Å². The normalized spacial score (nSPS) is 10.4. The van der Waals surface area contributed by atoms with E-state index in [4.69, 9.17) is 11.6 Å². The van der Waals surface area contributed by atoms with Crippen molar-refractivity contribution >= 4 is 33.4 Å². The van der Waals surface area contributed by atoms with Crippen LogP contribution in [0.15, 0.2) is 18.2 Å². The molecule has 0 heterocycles. The monoisotopic (exact) mass is 317 g/mol. The molecule has 4 heteroatoms. The average Bonchev–Trinajstić information content (AvgIpc) is 2.33. The Morgan fingerprint density at radius 3 is 2.76 bits per heavy atom. The van der Waals surface area contributed by atoms with Crippen molar-refractivity contribution in [3.63, 3.8) is 0 Å². The van der Waals surface area contributed by atoms with E-state index < -0.39 is 0 Å². The van der Waals surface area contributed by atoms with Gasteiger partial charge in [-0.15, -0.1) is 0 Å². The molecule has 1 rings (SSSR count). The molecule has 0 N–H and O–H groups in total. The third kappa shape index (κ3) is 3.71. The molecule has 0 aliphatic rings. The van der Waals surface area contributed by atoms with Crippen LogP contribution in [0.25, 0.3) is 0 Å². The number of hydrogen-bond acceptors (Lipinski definition) is 1. The Kier molecular flexibility index (Phi) is 6.00. The first-order valence-electron chi connectivity index (χ1n) is 5.72. The second kappa shape index (κ2) is 7.02. The predicted molar refractivity (Wildman–Crippen MR) is 76.2 cm³/mol. The molecule has 0 saturated carbocycles. The predicted octanol–water partition coefficient (Wildman–Crippen LogP) is 3.90. The number of carbonyl (C=O) groups excluding carboxylic acids is 1. The highest BCUT2D eigenvalue weighted by Gasteiger charge is 2.16. The summed E-state index contributed by atoms with van der Waals surface area (Å²) in [6.45, 7) is 5.37. The lowest BCUT2D eigenvalue weighted by Crippen LogP contribution is -2.32. The van der Waals surface area contributed by atoms with Crippen molar-refractivity contribution in [2.75, 3.05) is 18.4 Å². The standard InChI is InChI=1S/C13H17BrClNO/c1-3-16(9-5-8-14)13(17)11-6-4-7-12(15)10(11)2/h4,6-7H,3,5,8-9H2,1-2H3. The summed E-state index contributed by atoms with van der Waals surface area (Å²) in [5.41, 5.74) is 1.56. The molecule has 1 amide bonds. The van der Waals surface area contributed by atoms with Crippen LogP contribution in [0.1, 0.15) is 29.3 Å². The lowest BCUT2D eigenvalue weighted by Gasteiger charge is -2.21. The third-order valence-corrected chi connectivity index (χ3v) is 3.70. The summed E-state index contributed by atoms with van der Waals surface area (Å²) in [5.74, 6) is 0.0634. The topological polar surface area (TPSA) is 20.3 Å². The molecule has 0 aliphatic carbocycles. The highest BCUT2D eigenvalue weighted by atomic mass is 79.9. The van der Waals surface area contributed by atoms with Gasteiger partial charge in [0.05, 0.1) is 0 Å². The van der Waals surface area contributed by atoms with Crippen LogP contribution in [0, 0.1) is 6.92 Å². The van der Waals surface area contributed by atoms with Gasteiger partial charge in [-0.3, -0.25) is 4.79 Å². The summed E-state index contributed by atoms with van der Waals surface area (Å²) in [6.07, 6.45) is 0.958. The van der Waals surface area contributed by atoms with E-state index >= 15 is 0 Å². The van der Waals surface area contributed by atoms with Crippen LogP contribution in [0.3, 0.4) is 0 Å². The minimum absolute atomic E-state index is 0.0634. The van der Waals surface area contributed by atoms with E-state index in [0.717, 1.165) is 30.4 Å². The van der Waals surface area contributed by atoms with Crippen molar-refractivity contribution in [3.8, 4) is 0 Å². The second-order valence-electron chi connectivity index (χ2n) is 3.84. The van der Waals surface area contributed by atoms with Crippen LogP contribution in [0.4, 0.5) is 0 Å². The van der Waals surface area contributed by atoms with E-state index in [1.807, 2.05) is 36.9 Å². The SMILES string of the molecule is CCN(CCCBr)C(=O)c1cccc(Cl)c1C. The molecule has 17 heavy (non-hydrogen) atoms. The Labute approximate surface area is 116 Å².